The summed E-state index contributed by atoms with van der Waals surface area (Å²) < 4.78 is 24.8. The number of amides is 1. The van der Waals surface area contributed by atoms with E-state index in [2.05, 4.69) is 15.9 Å². The number of aliphatic carboxylic acids is 1. The molecule has 1 atom stereocenters. The number of sulfone groups is 1. The number of halogens is 1. The molecule has 8 heteroatoms. The smallest absolute Gasteiger partial charge is 0.326 e. The fourth-order valence-corrected chi connectivity index (χ4v) is 3.42. The molecule has 1 aromatic carbocycles. The van der Waals surface area contributed by atoms with Crippen molar-refractivity contribution in [3.8, 4) is 0 Å². The number of carboxylic acids is 1. The van der Waals surface area contributed by atoms with Crippen LogP contribution < -0.4 is 0 Å². The van der Waals surface area contributed by atoms with E-state index in [4.69, 9.17) is 5.11 Å². The zero-order chi connectivity index (χ0) is 16.2. The number of carboxylic acid groups (broad SMARTS) is 1. The lowest BCUT2D eigenvalue weighted by atomic mass is 10.2. The van der Waals surface area contributed by atoms with Gasteiger partial charge in [0.2, 0.25) is 5.91 Å². The van der Waals surface area contributed by atoms with E-state index in [9.17, 15) is 18.0 Å². The predicted molar refractivity (Wildman–Crippen MR) is 81.5 cm³/mol. The molecule has 1 N–H and O–H groups in total. The van der Waals surface area contributed by atoms with E-state index in [-0.39, 0.29) is 5.75 Å². The van der Waals surface area contributed by atoms with Crippen LogP contribution in [0.4, 0.5) is 0 Å². The summed E-state index contributed by atoms with van der Waals surface area (Å²) in [7, 11) is -2.39. The van der Waals surface area contributed by atoms with E-state index >= 15 is 0 Å². The molecule has 0 aliphatic rings. The normalized spacial score (nSPS) is 12.7. The maximum absolute atomic E-state index is 12.0. The molecule has 0 heterocycles. The molecule has 0 fully saturated rings. The lowest BCUT2D eigenvalue weighted by molar-refractivity contribution is -0.147. The summed E-state index contributed by atoms with van der Waals surface area (Å²) in [6.45, 7) is 1.32. The highest BCUT2D eigenvalue weighted by Gasteiger charge is 2.26. The predicted octanol–water partition coefficient (Wildman–Crippen LogP) is 1.30. The molecular weight excluding hydrogens is 362 g/mol. The first-order chi connectivity index (χ1) is 9.62. The van der Waals surface area contributed by atoms with Crippen molar-refractivity contribution < 1.29 is 23.1 Å². The zero-order valence-electron chi connectivity index (χ0n) is 11.6. The lowest BCUT2D eigenvalue weighted by Gasteiger charge is -2.21. The molecule has 0 bridgehead atoms. The van der Waals surface area contributed by atoms with E-state index in [0.29, 0.717) is 5.56 Å². The van der Waals surface area contributed by atoms with Crippen LogP contribution >= 0.6 is 15.9 Å². The van der Waals surface area contributed by atoms with Crippen molar-refractivity contribution in [2.75, 3.05) is 12.8 Å². The molecule has 0 radical (unpaired) electrons. The Labute approximate surface area is 131 Å². The zero-order valence-corrected chi connectivity index (χ0v) is 14.0. The summed E-state index contributed by atoms with van der Waals surface area (Å²) >= 11 is 3.24. The molecule has 1 aromatic rings. The number of hydrogen-bond donors (Lipinski definition) is 1. The van der Waals surface area contributed by atoms with Crippen molar-refractivity contribution in [3.63, 3.8) is 0 Å². The van der Waals surface area contributed by atoms with Gasteiger partial charge < -0.3 is 10.0 Å². The van der Waals surface area contributed by atoms with Gasteiger partial charge in [-0.1, -0.05) is 28.1 Å². The molecule has 1 unspecified atom stereocenters. The largest absolute Gasteiger partial charge is 0.480 e. The van der Waals surface area contributed by atoms with Crippen LogP contribution in [0.1, 0.15) is 12.5 Å². The Morgan fingerprint density at radius 3 is 2.52 bits per heavy atom. The molecule has 6 nitrogen and oxygen atoms in total. The van der Waals surface area contributed by atoms with Crippen molar-refractivity contribution in [3.05, 3.63) is 34.3 Å². The Hall–Kier alpha value is -1.41. The molecule has 0 saturated carbocycles. The lowest BCUT2D eigenvalue weighted by Crippen LogP contribution is -2.43. The van der Waals surface area contributed by atoms with Gasteiger partial charge in [-0.15, -0.1) is 0 Å². The van der Waals surface area contributed by atoms with Crippen LogP contribution in [0.2, 0.25) is 0 Å². The molecule has 21 heavy (non-hydrogen) atoms. The second kappa shape index (κ2) is 7.04. The summed E-state index contributed by atoms with van der Waals surface area (Å²) in [5.74, 6) is -2.91. The Morgan fingerprint density at radius 1 is 1.38 bits per heavy atom. The van der Waals surface area contributed by atoms with Crippen molar-refractivity contribution in [1.82, 2.24) is 4.90 Å². The van der Waals surface area contributed by atoms with Gasteiger partial charge in [0.15, 0.2) is 9.84 Å². The number of carbonyl (C=O) groups excluding carboxylic acids is 1. The topological polar surface area (TPSA) is 91.8 Å². The van der Waals surface area contributed by atoms with Gasteiger partial charge in [0.25, 0.3) is 0 Å². The van der Waals surface area contributed by atoms with Crippen LogP contribution in [-0.4, -0.2) is 49.1 Å². The van der Waals surface area contributed by atoms with Crippen molar-refractivity contribution >= 4 is 37.6 Å². The number of benzene rings is 1. The van der Waals surface area contributed by atoms with E-state index in [0.717, 1.165) is 9.37 Å². The summed E-state index contributed by atoms with van der Waals surface area (Å²) in [4.78, 5) is 23.5. The molecule has 1 rings (SSSR count). The van der Waals surface area contributed by atoms with E-state index in [1.54, 1.807) is 24.3 Å². The van der Waals surface area contributed by atoms with E-state index in [1.807, 2.05) is 0 Å². The van der Waals surface area contributed by atoms with Crippen LogP contribution in [0.5, 0.6) is 0 Å². The number of carbonyl (C=O) groups is 2. The number of rotatable bonds is 6. The minimum atomic E-state index is -3.66. The van der Waals surface area contributed by atoms with Crippen LogP contribution in [-0.2, 0) is 25.2 Å². The molecule has 0 aliphatic carbocycles. The third kappa shape index (κ3) is 5.47. The number of hydrogen-bond acceptors (Lipinski definition) is 4. The van der Waals surface area contributed by atoms with Crippen molar-refractivity contribution in [1.29, 1.82) is 0 Å². The number of likely N-dealkylation sites (N-methyl/N-ethyl adjacent to an activating group) is 1. The van der Waals surface area contributed by atoms with Crippen molar-refractivity contribution in [2.24, 2.45) is 0 Å². The van der Waals surface area contributed by atoms with E-state index < -0.39 is 33.5 Å². The fourth-order valence-electron chi connectivity index (χ4n) is 1.60. The van der Waals surface area contributed by atoms with Gasteiger partial charge in [0.05, 0.1) is 5.75 Å². The maximum atomic E-state index is 12.0. The summed E-state index contributed by atoms with van der Waals surface area (Å²) in [5, 5.41) is 8.82. The summed E-state index contributed by atoms with van der Waals surface area (Å²) in [6.07, 6.45) is 0. The molecule has 0 aromatic heterocycles. The highest BCUT2D eigenvalue weighted by molar-refractivity contribution is 9.10. The van der Waals surface area contributed by atoms with Crippen LogP contribution in [0, 0.1) is 0 Å². The third-order valence-corrected chi connectivity index (χ3v) is 4.90. The summed E-state index contributed by atoms with van der Waals surface area (Å²) in [5.41, 5.74) is 0.561. The van der Waals surface area contributed by atoms with Gasteiger partial charge in [-0.3, -0.25) is 4.79 Å². The number of nitrogens with zero attached hydrogens (tertiary/aromatic N) is 1. The standard InChI is InChI=1S/C13H16BrNO5S/c1-9(13(17)18)15(2)12(16)8-21(19,20)7-10-4-3-5-11(14)6-10/h3-6,9H,7-8H2,1-2H3,(H,17,18). The van der Waals surface area contributed by atoms with Gasteiger partial charge >= 0.3 is 5.97 Å². The maximum Gasteiger partial charge on any atom is 0.326 e. The Balaban J connectivity index is 2.76. The fraction of sp³-hybridized carbons (Fsp3) is 0.385. The van der Waals surface area contributed by atoms with Gasteiger partial charge in [-0.25, -0.2) is 13.2 Å². The second-order valence-electron chi connectivity index (χ2n) is 4.68. The van der Waals surface area contributed by atoms with Crippen molar-refractivity contribution in [2.45, 2.75) is 18.7 Å². The minimum absolute atomic E-state index is 0.270. The minimum Gasteiger partial charge on any atom is -0.480 e. The third-order valence-electron chi connectivity index (χ3n) is 2.95. The van der Waals surface area contributed by atoms with Crippen LogP contribution in [0.3, 0.4) is 0 Å². The van der Waals surface area contributed by atoms with E-state index in [1.165, 1.54) is 14.0 Å². The van der Waals surface area contributed by atoms with Gasteiger partial charge in [-0.2, -0.15) is 0 Å². The molecular formula is C13H16BrNO5S. The van der Waals surface area contributed by atoms with Gasteiger partial charge in [-0.05, 0) is 24.6 Å². The first-order valence-corrected chi connectivity index (χ1v) is 8.67. The Bertz CT molecular complexity index is 644. The first-order valence-electron chi connectivity index (χ1n) is 6.06. The van der Waals surface area contributed by atoms with Gasteiger partial charge in [0, 0.05) is 11.5 Å². The highest BCUT2D eigenvalue weighted by atomic mass is 79.9. The Morgan fingerprint density at radius 2 is 2.00 bits per heavy atom. The average Bonchev–Trinajstić information content (AvgIpc) is 2.35. The molecule has 1 amide bonds. The van der Waals surface area contributed by atoms with Crippen LogP contribution in [0.15, 0.2) is 28.7 Å². The molecule has 0 aliphatic heterocycles. The molecule has 0 spiro atoms. The van der Waals surface area contributed by atoms with Crippen LogP contribution in [0.25, 0.3) is 0 Å². The molecule has 0 saturated heterocycles. The quantitative estimate of drug-likeness (QED) is 0.806. The average molecular weight is 378 g/mol. The monoisotopic (exact) mass is 377 g/mol. The molecule has 116 valence electrons. The Kier molecular flexibility index (Phi) is 5.91. The highest BCUT2D eigenvalue weighted by Crippen LogP contribution is 2.14. The second-order valence-corrected chi connectivity index (χ2v) is 7.66. The first kappa shape index (κ1) is 17.6. The van der Waals surface area contributed by atoms with Gasteiger partial charge in [0.1, 0.15) is 11.8 Å². The SMILES string of the molecule is CC(C(=O)O)N(C)C(=O)CS(=O)(=O)Cc1cccc(Br)c1. The summed E-state index contributed by atoms with van der Waals surface area (Å²) in [6, 6.07) is 5.71.